The van der Waals surface area contributed by atoms with Gasteiger partial charge in [0, 0.05) is 12.1 Å². The van der Waals surface area contributed by atoms with Gasteiger partial charge in [-0.05, 0) is 57.4 Å². The van der Waals surface area contributed by atoms with Crippen molar-refractivity contribution >= 4 is 15.9 Å². The zero-order chi connectivity index (χ0) is 18.4. The maximum absolute atomic E-state index is 12.2. The Morgan fingerprint density at radius 3 is 2.52 bits per heavy atom. The van der Waals surface area contributed by atoms with E-state index in [0.29, 0.717) is 11.3 Å². The summed E-state index contributed by atoms with van der Waals surface area (Å²) in [4.78, 5) is 12.2. The molecule has 0 heterocycles. The molecule has 1 fully saturated rings. The van der Waals surface area contributed by atoms with Crippen LogP contribution in [0, 0.1) is 6.92 Å². The number of nitrogens with one attached hydrogen (secondary N) is 2. The fourth-order valence-electron chi connectivity index (χ4n) is 2.99. The highest BCUT2D eigenvalue weighted by Crippen LogP contribution is 2.22. The van der Waals surface area contributed by atoms with Gasteiger partial charge in [0.05, 0.1) is 4.90 Å². The fourth-order valence-corrected chi connectivity index (χ4v) is 4.32. The second kappa shape index (κ2) is 8.67. The Labute approximate surface area is 150 Å². The first-order valence-corrected chi connectivity index (χ1v) is 10.3. The molecular formula is C18H28N2O4S. The van der Waals surface area contributed by atoms with Crippen molar-refractivity contribution in [3.05, 3.63) is 23.8 Å². The lowest BCUT2D eigenvalue weighted by atomic mass is 9.95. The number of amides is 1. The molecule has 0 aromatic heterocycles. The summed E-state index contributed by atoms with van der Waals surface area (Å²) >= 11 is 0. The normalized spacial score (nSPS) is 16.0. The van der Waals surface area contributed by atoms with E-state index in [9.17, 15) is 13.2 Å². The molecule has 2 N–H and O–H groups in total. The molecule has 6 nitrogen and oxygen atoms in total. The van der Waals surface area contributed by atoms with Gasteiger partial charge in [0.15, 0.2) is 6.61 Å². The van der Waals surface area contributed by atoms with Gasteiger partial charge in [-0.25, -0.2) is 13.1 Å². The molecule has 1 aliphatic rings. The van der Waals surface area contributed by atoms with Crippen molar-refractivity contribution in [3.63, 3.8) is 0 Å². The van der Waals surface area contributed by atoms with Gasteiger partial charge in [-0.3, -0.25) is 4.79 Å². The number of carbonyl (C=O) groups is 1. The number of carbonyl (C=O) groups excluding carboxylic acids is 1. The molecule has 1 amide bonds. The molecule has 0 aliphatic heterocycles. The standard InChI is InChI=1S/C18H28N2O4S/c1-13(2)20-25(22,23)16-9-10-17(14(3)11-16)24-12-18(21)19-15-7-5-4-6-8-15/h9-11,13,15,20H,4-8,12H2,1-3H3,(H,19,21). The van der Waals surface area contributed by atoms with Crippen molar-refractivity contribution in [1.29, 1.82) is 0 Å². The van der Waals surface area contributed by atoms with Gasteiger partial charge in [0.2, 0.25) is 10.0 Å². The van der Waals surface area contributed by atoms with Crippen LogP contribution >= 0.6 is 0 Å². The van der Waals surface area contributed by atoms with E-state index in [1.807, 2.05) is 0 Å². The molecule has 0 spiro atoms. The van der Waals surface area contributed by atoms with E-state index in [2.05, 4.69) is 10.0 Å². The van der Waals surface area contributed by atoms with Crippen molar-refractivity contribution in [2.45, 2.75) is 69.9 Å². The summed E-state index contributed by atoms with van der Waals surface area (Å²) in [5, 5.41) is 3.00. The van der Waals surface area contributed by atoms with Gasteiger partial charge < -0.3 is 10.1 Å². The third-order valence-electron chi connectivity index (χ3n) is 4.18. The van der Waals surface area contributed by atoms with Crippen LogP contribution in [0.3, 0.4) is 0 Å². The highest BCUT2D eigenvalue weighted by atomic mass is 32.2. The zero-order valence-corrected chi connectivity index (χ0v) is 16.0. The molecule has 0 unspecified atom stereocenters. The van der Waals surface area contributed by atoms with Gasteiger partial charge in [0.1, 0.15) is 5.75 Å². The number of hydrogen-bond acceptors (Lipinski definition) is 4. The Hall–Kier alpha value is -1.60. The topological polar surface area (TPSA) is 84.5 Å². The molecule has 1 saturated carbocycles. The Morgan fingerprint density at radius 2 is 1.92 bits per heavy atom. The Balaban J connectivity index is 1.93. The van der Waals surface area contributed by atoms with E-state index in [1.54, 1.807) is 32.9 Å². The van der Waals surface area contributed by atoms with Crippen LogP contribution in [0.15, 0.2) is 23.1 Å². The van der Waals surface area contributed by atoms with Crippen LogP contribution in [0.1, 0.15) is 51.5 Å². The summed E-state index contributed by atoms with van der Waals surface area (Å²) in [5.41, 5.74) is 0.678. The number of sulfonamides is 1. The maximum atomic E-state index is 12.2. The van der Waals surface area contributed by atoms with Crippen molar-refractivity contribution in [2.75, 3.05) is 6.61 Å². The first-order chi connectivity index (χ1) is 11.8. The van der Waals surface area contributed by atoms with E-state index in [-0.39, 0.29) is 29.5 Å². The predicted molar refractivity (Wildman–Crippen MR) is 97.1 cm³/mol. The minimum atomic E-state index is -3.53. The van der Waals surface area contributed by atoms with Crippen molar-refractivity contribution in [2.24, 2.45) is 0 Å². The second-order valence-corrected chi connectivity index (χ2v) is 8.61. The van der Waals surface area contributed by atoms with Crippen LogP contribution in [-0.2, 0) is 14.8 Å². The monoisotopic (exact) mass is 368 g/mol. The first kappa shape index (κ1) is 19.7. The molecular weight excluding hydrogens is 340 g/mol. The zero-order valence-electron chi connectivity index (χ0n) is 15.2. The lowest BCUT2D eigenvalue weighted by Crippen LogP contribution is -2.39. The smallest absolute Gasteiger partial charge is 0.258 e. The van der Waals surface area contributed by atoms with Gasteiger partial charge in [-0.2, -0.15) is 0 Å². The highest BCUT2D eigenvalue weighted by molar-refractivity contribution is 7.89. The van der Waals surface area contributed by atoms with Crippen LogP contribution in [0.5, 0.6) is 5.75 Å². The average molecular weight is 368 g/mol. The molecule has 2 rings (SSSR count). The molecule has 25 heavy (non-hydrogen) atoms. The Kier molecular flexibility index (Phi) is 6.84. The van der Waals surface area contributed by atoms with Crippen LogP contribution in [0.25, 0.3) is 0 Å². The lowest BCUT2D eigenvalue weighted by molar-refractivity contribution is -0.124. The lowest BCUT2D eigenvalue weighted by Gasteiger charge is -2.22. The first-order valence-electron chi connectivity index (χ1n) is 8.83. The number of rotatable bonds is 7. The summed E-state index contributed by atoms with van der Waals surface area (Å²) < 4.78 is 32.5. The minimum Gasteiger partial charge on any atom is -0.484 e. The summed E-state index contributed by atoms with van der Waals surface area (Å²) in [6, 6.07) is 4.72. The number of benzene rings is 1. The van der Waals surface area contributed by atoms with Crippen LogP contribution < -0.4 is 14.8 Å². The summed E-state index contributed by atoms with van der Waals surface area (Å²) in [6.45, 7) is 5.25. The van der Waals surface area contributed by atoms with E-state index >= 15 is 0 Å². The summed E-state index contributed by atoms with van der Waals surface area (Å²) in [7, 11) is -3.53. The Morgan fingerprint density at radius 1 is 1.24 bits per heavy atom. The van der Waals surface area contributed by atoms with Crippen molar-refractivity contribution < 1.29 is 17.9 Å². The largest absolute Gasteiger partial charge is 0.484 e. The van der Waals surface area contributed by atoms with Gasteiger partial charge in [-0.1, -0.05) is 19.3 Å². The molecule has 7 heteroatoms. The van der Waals surface area contributed by atoms with Gasteiger partial charge in [-0.15, -0.1) is 0 Å². The summed E-state index contributed by atoms with van der Waals surface area (Å²) in [6.07, 6.45) is 5.61. The molecule has 0 saturated heterocycles. The average Bonchev–Trinajstić information content (AvgIpc) is 2.53. The van der Waals surface area contributed by atoms with E-state index in [0.717, 1.165) is 25.7 Å². The number of ether oxygens (including phenoxy) is 1. The highest BCUT2D eigenvalue weighted by Gasteiger charge is 2.18. The van der Waals surface area contributed by atoms with E-state index < -0.39 is 10.0 Å². The molecule has 140 valence electrons. The van der Waals surface area contributed by atoms with Crippen LogP contribution in [0.4, 0.5) is 0 Å². The molecule has 1 aromatic carbocycles. The minimum absolute atomic E-state index is 0.0618. The SMILES string of the molecule is Cc1cc(S(=O)(=O)NC(C)C)ccc1OCC(=O)NC1CCCCC1. The molecule has 0 bridgehead atoms. The van der Waals surface area contributed by atoms with Crippen molar-refractivity contribution in [1.82, 2.24) is 10.0 Å². The van der Waals surface area contributed by atoms with E-state index in [4.69, 9.17) is 4.74 Å². The quantitative estimate of drug-likeness (QED) is 0.774. The van der Waals surface area contributed by atoms with Gasteiger partial charge in [0.25, 0.3) is 5.91 Å². The summed E-state index contributed by atoms with van der Waals surface area (Å²) in [5.74, 6) is 0.381. The van der Waals surface area contributed by atoms with Crippen LogP contribution in [-0.4, -0.2) is 33.0 Å². The van der Waals surface area contributed by atoms with E-state index in [1.165, 1.54) is 12.5 Å². The maximum Gasteiger partial charge on any atom is 0.258 e. The Bertz CT molecular complexity index is 695. The fraction of sp³-hybridized carbons (Fsp3) is 0.611. The molecule has 0 atom stereocenters. The second-order valence-electron chi connectivity index (χ2n) is 6.89. The molecule has 0 radical (unpaired) electrons. The van der Waals surface area contributed by atoms with Crippen LogP contribution in [0.2, 0.25) is 0 Å². The molecule has 1 aromatic rings. The van der Waals surface area contributed by atoms with Gasteiger partial charge >= 0.3 is 0 Å². The predicted octanol–water partition coefficient (Wildman–Crippen LogP) is 2.51. The molecule has 1 aliphatic carbocycles. The number of hydrogen-bond donors (Lipinski definition) is 2. The number of aryl methyl sites for hydroxylation is 1. The van der Waals surface area contributed by atoms with Crippen molar-refractivity contribution in [3.8, 4) is 5.75 Å². The third kappa shape index (κ3) is 6.01. The third-order valence-corrected chi connectivity index (χ3v) is 5.83.